The predicted octanol–water partition coefficient (Wildman–Crippen LogP) is 12.3. The minimum absolute atomic E-state index is 0.612. The van der Waals surface area contributed by atoms with E-state index < -0.39 is 0 Å². The second-order valence-electron chi connectivity index (χ2n) is 11.9. The van der Waals surface area contributed by atoms with Crippen molar-refractivity contribution in [1.82, 2.24) is 9.13 Å². The molecule has 0 spiro atoms. The van der Waals surface area contributed by atoms with E-state index in [1.54, 1.807) is 0 Å². The molecule has 0 aliphatic heterocycles. The molecule has 4 heteroatoms. The van der Waals surface area contributed by atoms with Crippen LogP contribution in [0.2, 0.25) is 0 Å². The van der Waals surface area contributed by atoms with Crippen molar-refractivity contribution in [2.24, 2.45) is 0 Å². The summed E-state index contributed by atoms with van der Waals surface area (Å²) >= 11 is 0. The first kappa shape index (κ1) is 27.4. The van der Waals surface area contributed by atoms with Gasteiger partial charge < -0.3 is 9.13 Å². The van der Waals surface area contributed by atoms with Gasteiger partial charge in [-0.2, -0.15) is 0 Å². The van der Waals surface area contributed by atoms with Gasteiger partial charge in [-0.3, -0.25) is 0 Å². The first-order valence-electron chi connectivity index (χ1n) is 15.8. The monoisotopic (exact) mass is 610 g/mol. The van der Waals surface area contributed by atoms with Crippen LogP contribution < -0.4 is 0 Å². The summed E-state index contributed by atoms with van der Waals surface area (Å²) < 4.78 is 4.51. The van der Waals surface area contributed by atoms with Crippen LogP contribution in [0.1, 0.15) is 0 Å². The van der Waals surface area contributed by atoms with Crippen molar-refractivity contribution in [3.8, 4) is 33.6 Å². The number of benzene rings is 7. The van der Waals surface area contributed by atoms with Crippen molar-refractivity contribution in [2.75, 3.05) is 0 Å². The Balaban J connectivity index is 1.19. The van der Waals surface area contributed by atoms with Gasteiger partial charge in [0.05, 0.1) is 40.9 Å². The van der Waals surface area contributed by atoms with Gasteiger partial charge in [-0.25, -0.2) is 9.69 Å². The topological polar surface area (TPSA) is 18.6 Å². The van der Waals surface area contributed by atoms with Gasteiger partial charge in [-0.15, -0.1) is 0 Å². The van der Waals surface area contributed by atoms with Gasteiger partial charge in [0.1, 0.15) is 0 Å². The minimum Gasteiger partial charge on any atom is -0.319 e. The average molecular weight is 611 g/mol. The molecule has 0 atom stereocenters. The summed E-state index contributed by atoms with van der Waals surface area (Å²) in [4.78, 5) is 7.83. The van der Waals surface area contributed by atoms with Crippen molar-refractivity contribution < 1.29 is 0 Å². The van der Waals surface area contributed by atoms with E-state index in [1.165, 1.54) is 10.8 Å². The van der Waals surface area contributed by atoms with Crippen molar-refractivity contribution in [1.29, 1.82) is 0 Å². The van der Waals surface area contributed by atoms with Crippen molar-refractivity contribution in [3.63, 3.8) is 0 Å². The van der Waals surface area contributed by atoms with Gasteiger partial charge in [0, 0.05) is 21.8 Å². The molecule has 2 aromatic heterocycles. The maximum Gasteiger partial charge on any atom is 0.211 e. The van der Waals surface area contributed by atoms with Gasteiger partial charge in [-0.05, 0) is 64.0 Å². The van der Waals surface area contributed by atoms with Crippen LogP contribution in [0, 0.1) is 13.1 Å². The molecule has 0 saturated heterocycles. The summed E-state index contributed by atoms with van der Waals surface area (Å²) in [7, 11) is 0. The molecule has 222 valence electrons. The molecule has 9 aromatic rings. The fourth-order valence-corrected chi connectivity index (χ4v) is 7.27. The minimum atomic E-state index is 0.612. The molecule has 48 heavy (non-hydrogen) atoms. The van der Waals surface area contributed by atoms with E-state index in [0.717, 1.165) is 66.5 Å². The number of aromatic nitrogens is 2. The molecule has 0 aliphatic carbocycles. The van der Waals surface area contributed by atoms with E-state index in [2.05, 4.69) is 134 Å². The summed E-state index contributed by atoms with van der Waals surface area (Å²) in [5.74, 6) is 0. The zero-order valence-electron chi connectivity index (χ0n) is 25.8. The lowest BCUT2D eigenvalue weighted by molar-refractivity contribution is 1.18. The molecule has 0 radical (unpaired) electrons. The molecule has 0 bridgehead atoms. The van der Waals surface area contributed by atoms with E-state index in [0.29, 0.717) is 11.4 Å². The summed E-state index contributed by atoms with van der Waals surface area (Å²) in [6.07, 6.45) is 0. The highest BCUT2D eigenvalue weighted by atomic mass is 15.0. The molecule has 2 heterocycles. The Morgan fingerprint density at radius 1 is 0.396 bits per heavy atom. The van der Waals surface area contributed by atoms with Crippen LogP contribution in [0.15, 0.2) is 158 Å². The Morgan fingerprint density at radius 2 is 0.938 bits per heavy atom. The standard InChI is InChI=1S/C44H26N4/c1-45-38-27-24-30(29-22-25-31(26-23-29)47-40-18-7-5-14-34(40)36-16-11-17-39(46-2)44(36)47)28-37(38)35-15-6-10-21-43(35)48-41-19-8-3-12-32(41)33-13-4-9-20-42(33)48/h3-28H. The summed E-state index contributed by atoms with van der Waals surface area (Å²) in [6.45, 7) is 15.9. The van der Waals surface area contributed by atoms with Crippen LogP contribution in [-0.2, 0) is 0 Å². The van der Waals surface area contributed by atoms with Crippen molar-refractivity contribution >= 4 is 55.0 Å². The fourth-order valence-electron chi connectivity index (χ4n) is 7.27. The molecule has 0 aliphatic rings. The van der Waals surface area contributed by atoms with Crippen LogP contribution in [0.5, 0.6) is 0 Å². The van der Waals surface area contributed by atoms with Crippen LogP contribution in [0.3, 0.4) is 0 Å². The third-order valence-corrected chi connectivity index (χ3v) is 9.38. The lowest BCUT2D eigenvalue weighted by Crippen LogP contribution is -1.97. The Morgan fingerprint density at radius 3 is 1.60 bits per heavy atom. The molecule has 0 unspecified atom stereocenters. The van der Waals surface area contributed by atoms with E-state index in [1.807, 2.05) is 42.5 Å². The highest BCUT2D eigenvalue weighted by molar-refractivity contribution is 6.13. The number of nitrogens with zero attached hydrogens (tertiary/aromatic N) is 4. The highest BCUT2D eigenvalue weighted by Gasteiger charge is 2.18. The van der Waals surface area contributed by atoms with Crippen LogP contribution in [0.25, 0.3) is 86.9 Å². The molecule has 0 amide bonds. The largest absolute Gasteiger partial charge is 0.319 e. The molecule has 0 N–H and O–H groups in total. The molecule has 7 aromatic carbocycles. The lowest BCUT2D eigenvalue weighted by Gasteiger charge is -2.16. The van der Waals surface area contributed by atoms with Crippen LogP contribution >= 0.6 is 0 Å². The Labute approximate surface area is 277 Å². The fraction of sp³-hybridized carbons (Fsp3) is 0. The summed E-state index contributed by atoms with van der Waals surface area (Å²) in [6, 6.07) is 54.3. The summed E-state index contributed by atoms with van der Waals surface area (Å²) in [5, 5.41) is 4.61. The van der Waals surface area contributed by atoms with Gasteiger partial charge >= 0.3 is 0 Å². The van der Waals surface area contributed by atoms with Crippen molar-refractivity contribution in [2.45, 2.75) is 0 Å². The van der Waals surface area contributed by atoms with Gasteiger partial charge in [0.15, 0.2) is 5.69 Å². The Bertz CT molecular complexity index is 2750. The zero-order chi connectivity index (χ0) is 32.2. The van der Waals surface area contributed by atoms with Crippen LogP contribution in [-0.4, -0.2) is 9.13 Å². The normalized spacial score (nSPS) is 11.3. The predicted molar refractivity (Wildman–Crippen MR) is 199 cm³/mol. The maximum atomic E-state index is 8.08. The van der Waals surface area contributed by atoms with E-state index in [9.17, 15) is 0 Å². The molecule has 4 nitrogen and oxygen atoms in total. The quantitative estimate of drug-likeness (QED) is 0.177. The Kier molecular flexibility index (Phi) is 6.22. The molecule has 0 fully saturated rings. The van der Waals surface area contributed by atoms with Gasteiger partial charge in [0.2, 0.25) is 5.69 Å². The molecular weight excluding hydrogens is 585 g/mol. The van der Waals surface area contributed by atoms with Crippen LogP contribution in [0.4, 0.5) is 11.4 Å². The second kappa shape index (κ2) is 10.9. The third kappa shape index (κ3) is 4.07. The first-order valence-corrected chi connectivity index (χ1v) is 15.8. The van der Waals surface area contributed by atoms with Gasteiger partial charge in [0.25, 0.3) is 0 Å². The van der Waals surface area contributed by atoms with E-state index >= 15 is 0 Å². The lowest BCUT2D eigenvalue weighted by atomic mass is 9.96. The molecule has 0 saturated carbocycles. The molecule has 9 rings (SSSR count). The smallest absolute Gasteiger partial charge is 0.211 e. The number of fused-ring (bicyclic) bond motifs is 6. The highest BCUT2D eigenvalue weighted by Crippen LogP contribution is 2.42. The molecular formula is C44H26N4. The second-order valence-corrected chi connectivity index (χ2v) is 11.9. The Hall–Kier alpha value is -6.88. The zero-order valence-corrected chi connectivity index (χ0v) is 25.8. The van der Waals surface area contributed by atoms with Crippen molar-refractivity contribution in [3.05, 3.63) is 181 Å². The maximum absolute atomic E-state index is 8.08. The van der Waals surface area contributed by atoms with Gasteiger partial charge in [-0.1, -0.05) is 121 Å². The average Bonchev–Trinajstić information content (AvgIpc) is 3.68. The number of hydrogen-bond acceptors (Lipinski definition) is 0. The number of rotatable bonds is 4. The first-order chi connectivity index (χ1) is 23.7. The van der Waals surface area contributed by atoms with E-state index in [-0.39, 0.29) is 0 Å². The summed E-state index contributed by atoms with van der Waals surface area (Å²) in [5.41, 5.74) is 11.5. The number of para-hydroxylation sites is 5. The third-order valence-electron chi connectivity index (χ3n) is 9.38. The van der Waals surface area contributed by atoms with E-state index in [4.69, 9.17) is 13.1 Å². The SMILES string of the molecule is [C-]#[N+]c1ccc(-c2ccc(-n3c4ccccc4c4cccc([N+]#[C-])c43)cc2)cc1-c1ccccc1-n1c2ccccc2c2ccccc21. The number of hydrogen-bond donors (Lipinski definition) is 0.